The SMILES string of the molecule is Cc1cc(Br)c(F)cc1NC(c1cccs1)c1cccs1. The average Bonchev–Trinajstić information content (AvgIpc) is 3.14. The molecule has 108 valence electrons. The normalized spacial score (nSPS) is 11.0. The molecule has 21 heavy (non-hydrogen) atoms. The number of halogens is 2. The Morgan fingerprint density at radius 3 is 2.24 bits per heavy atom. The van der Waals surface area contributed by atoms with Crippen LogP contribution in [0.1, 0.15) is 21.4 Å². The lowest BCUT2D eigenvalue weighted by atomic mass is 10.1. The summed E-state index contributed by atoms with van der Waals surface area (Å²) in [6, 6.07) is 11.7. The molecule has 0 bridgehead atoms. The Bertz CT molecular complexity index is 689. The van der Waals surface area contributed by atoms with E-state index >= 15 is 0 Å². The van der Waals surface area contributed by atoms with Crippen LogP contribution in [0.15, 0.2) is 51.6 Å². The third kappa shape index (κ3) is 3.20. The summed E-state index contributed by atoms with van der Waals surface area (Å²) in [5.74, 6) is -0.251. The lowest BCUT2D eigenvalue weighted by Crippen LogP contribution is -2.10. The standard InChI is InChI=1S/C16H13BrFNS2/c1-10-8-11(17)12(18)9-13(10)19-16(14-4-2-6-20-14)15-5-3-7-21-15/h2-9,16,19H,1H3. The highest BCUT2D eigenvalue weighted by Crippen LogP contribution is 2.34. The average molecular weight is 382 g/mol. The van der Waals surface area contributed by atoms with Crippen LogP contribution in [-0.2, 0) is 0 Å². The van der Waals surface area contributed by atoms with Crippen molar-refractivity contribution in [3.8, 4) is 0 Å². The van der Waals surface area contributed by atoms with Crippen molar-refractivity contribution in [2.75, 3.05) is 5.32 Å². The molecule has 2 heterocycles. The second-order valence-electron chi connectivity index (χ2n) is 4.69. The van der Waals surface area contributed by atoms with Crippen molar-refractivity contribution in [2.45, 2.75) is 13.0 Å². The highest BCUT2D eigenvalue weighted by molar-refractivity contribution is 9.10. The maximum atomic E-state index is 13.8. The first-order valence-electron chi connectivity index (χ1n) is 6.44. The van der Waals surface area contributed by atoms with E-state index in [0.717, 1.165) is 11.3 Å². The van der Waals surface area contributed by atoms with Crippen LogP contribution in [-0.4, -0.2) is 0 Å². The molecule has 5 heteroatoms. The second kappa shape index (κ2) is 6.30. The van der Waals surface area contributed by atoms with Crippen LogP contribution in [0.2, 0.25) is 0 Å². The van der Waals surface area contributed by atoms with Gasteiger partial charge in [0, 0.05) is 15.4 Å². The monoisotopic (exact) mass is 381 g/mol. The second-order valence-corrected chi connectivity index (χ2v) is 7.50. The summed E-state index contributed by atoms with van der Waals surface area (Å²) in [5, 5.41) is 7.60. The highest BCUT2D eigenvalue weighted by atomic mass is 79.9. The molecule has 0 saturated heterocycles. The lowest BCUT2D eigenvalue weighted by molar-refractivity contribution is 0.621. The summed E-state index contributed by atoms with van der Waals surface area (Å²) >= 11 is 6.63. The molecule has 0 spiro atoms. The van der Waals surface area contributed by atoms with Gasteiger partial charge in [-0.3, -0.25) is 0 Å². The van der Waals surface area contributed by atoms with Crippen molar-refractivity contribution < 1.29 is 4.39 Å². The maximum absolute atomic E-state index is 13.8. The first-order chi connectivity index (χ1) is 10.1. The molecule has 2 aromatic heterocycles. The van der Waals surface area contributed by atoms with Gasteiger partial charge in [0.25, 0.3) is 0 Å². The molecule has 3 aromatic rings. The summed E-state index contributed by atoms with van der Waals surface area (Å²) in [4.78, 5) is 2.44. The van der Waals surface area contributed by atoms with Crippen LogP contribution in [0.5, 0.6) is 0 Å². The smallest absolute Gasteiger partial charge is 0.139 e. The molecule has 1 aromatic carbocycles. The number of nitrogens with one attached hydrogen (secondary N) is 1. The first kappa shape index (κ1) is 14.8. The van der Waals surface area contributed by atoms with Crippen molar-refractivity contribution in [3.63, 3.8) is 0 Å². The van der Waals surface area contributed by atoms with Crippen molar-refractivity contribution in [1.82, 2.24) is 0 Å². The minimum Gasteiger partial charge on any atom is -0.372 e. The largest absolute Gasteiger partial charge is 0.372 e. The molecule has 0 aliphatic heterocycles. The van der Waals surface area contributed by atoms with Gasteiger partial charge in [0.05, 0.1) is 10.5 Å². The zero-order chi connectivity index (χ0) is 14.8. The topological polar surface area (TPSA) is 12.0 Å². The molecule has 0 radical (unpaired) electrons. The molecule has 0 unspecified atom stereocenters. The molecular weight excluding hydrogens is 369 g/mol. The van der Waals surface area contributed by atoms with Crippen molar-refractivity contribution in [1.29, 1.82) is 0 Å². The van der Waals surface area contributed by atoms with Gasteiger partial charge >= 0.3 is 0 Å². The Labute approximate surface area is 139 Å². The van der Waals surface area contributed by atoms with Crippen LogP contribution >= 0.6 is 38.6 Å². The summed E-state index contributed by atoms with van der Waals surface area (Å²) in [6.07, 6.45) is 0. The molecule has 0 aliphatic carbocycles. The third-order valence-corrected chi connectivity index (χ3v) is 5.70. The third-order valence-electron chi connectivity index (χ3n) is 3.22. The van der Waals surface area contributed by atoms with Gasteiger partial charge in [-0.15, -0.1) is 22.7 Å². The van der Waals surface area contributed by atoms with Crippen molar-refractivity contribution >= 4 is 44.3 Å². The van der Waals surface area contributed by atoms with E-state index in [1.165, 1.54) is 9.75 Å². The minimum atomic E-state index is -0.251. The van der Waals surface area contributed by atoms with E-state index in [-0.39, 0.29) is 11.9 Å². The molecule has 1 nitrogen and oxygen atoms in total. The predicted molar refractivity (Wildman–Crippen MR) is 92.9 cm³/mol. The summed E-state index contributed by atoms with van der Waals surface area (Å²) < 4.78 is 14.3. The Kier molecular flexibility index (Phi) is 4.42. The van der Waals surface area contributed by atoms with Gasteiger partial charge in [-0.05, 0) is 63.4 Å². The van der Waals surface area contributed by atoms with Gasteiger partial charge in [-0.25, -0.2) is 4.39 Å². The summed E-state index contributed by atoms with van der Waals surface area (Å²) in [5.41, 5.74) is 1.84. The van der Waals surface area contributed by atoms with Crippen LogP contribution < -0.4 is 5.32 Å². The Morgan fingerprint density at radius 1 is 1.10 bits per heavy atom. The van der Waals surface area contributed by atoms with E-state index in [1.54, 1.807) is 34.8 Å². The molecule has 0 fully saturated rings. The van der Waals surface area contributed by atoms with E-state index in [2.05, 4.69) is 44.1 Å². The summed E-state index contributed by atoms with van der Waals surface area (Å²) in [7, 11) is 0. The van der Waals surface area contributed by atoms with Crippen LogP contribution in [0, 0.1) is 12.7 Å². The van der Waals surface area contributed by atoms with Gasteiger partial charge < -0.3 is 5.32 Å². The fraction of sp³-hybridized carbons (Fsp3) is 0.125. The molecule has 0 saturated carbocycles. The first-order valence-corrected chi connectivity index (χ1v) is 8.99. The van der Waals surface area contributed by atoms with Crippen molar-refractivity contribution in [2.24, 2.45) is 0 Å². The number of rotatable bonds is 4. The molecule has 3 rings (SSSR count). The quantitative estimate of drug-likeness (QED) is 0.565. The van der Waals surface area contributed by atoms with E-state index in [4.69, 9.17) is 0 Å². The predicted octanol–water partition coefficient (Wildman–Crippen LogP) is 6.22. The minimum absolute atomic E-state index is 0.0595. The zero-order valence-corrected chi connectivity index (χ0v) is 14.5. The molecule has 0 amide bonds. The Hall–Kier alpha value is -1.17. The number of hydrogen-bond acceptors (Lipinski definition) is 3. The molecule has 1 N–H and O–H groups in total. The number of anilines is 1. The van der Waals surface area contributed by atoms with Gasteiger partial charge in [-0.2, -0.15) is 0 Å². The maximum Gasteiger partial charge on any atom is 0.139 e. The highest BCUT2D eigenvalue weighted by Gasteiger charge is 2.17. The molecular formula is C16H13BrFNS2. The fourth-order valence-corrected chi connectivity index (χ4v) is 4.27. The van der Waals surface area contributed by atoms with E-state index in [9.17, 15) is 4.39 Å². The van der Waals surface area contributed by atoms with E-state index in [1.807, 2.05) is 19.1 Å². The van der Waals surface area contributed by atoms with E-state index < -0.39 is 0 Å². The fourth-order valence-electron chi connectivity index (χ4n) is 2.15. The van der Waals surface area contributed by atoms with Gasteiger partial charge in [0.2, 0.25) is 0 Å². The van der Waals surface area contributed by atoms with Crippen molar-refractivity contribution in [3.05, 3.63) is 72.8 Å². The molecule has 0 aliphatic rings. The Balaban J connectivity index is 1.98. The number of hydrogen-bond donors (Lipinski definition) is 1. The number of aryl methyl sites for hydroxylation is 1. The van der Waals surface area contributed by atoms with Gasteiger partial charge in [0.1, 0.15) is 5.82 Å². The van der Waals surface area contributed by atoms with Crippen LogP contribution in [0.4, 0.5) is 10.1 Å². The van der Waals surface area contributed by atoms with Crippen LogP contribution in [0.25, 0.3) is 0 Å². The van der Waals surface area contributed by atoms with Crippen LogP contribution in [0.3, 0.4) is 0 Å². The molecule has 0 atom stereocenters. The zero-order valence-electron chi connectivity index (χ0n) is 11.3. The van der Waals surface area contributed by atoms with E-state index in [0.29, 0.717) is 4.47 Å². The lowest BCUT2D eigenvalue weighted by Gasteiger charge is -2.19. The summed E-state index contributed by atoms with van der Waals surface area (Å²) in [6.45, 7) is 1.98. The Morgan fingerprint density at radius 2 is 1.71 bits per heavy atom. The van der Waals surface area contributed by atoms with Gasteiger partial charge in [-0.1, -0.05) is 12.1 Å². The number of thiophene rings is 2. The van der Waals surface area contributed by atoms with Gasteiger partial charge in [0.15, 0.2) is 0 Å². The number of benzene rings is 1.